The van der Waals surface area contributed by atoms with Crippen molar-refractivity contribution in [1.82, 2.24) is 0 Å². The predicted molar refractivity (Wildman–Crippen MR) is 68.5 cm³/mol. The van der Waals surface area contributed by atoms with E-state index in [1.54, 1.807) is 6.08 Å². The summed E-state index contributed by atoms with van der Waals surface area (Å²) in [5, 5.41) is 2.88. The van der Waals surface area contributed by atoms with Crippen molar-refractivity contribution >= 4 is 11.6 Å². The van der Waals surface area contributed by atoms with Crippen LogP contribution in [0.2, 0.25) is 0 Å². The van der Waals surface area contributed by atoms with Crippen LogP contribution >= 0.6 is 0 Å². The van der Waals surface area contributed by atoms with E-state index in [-0.39, 0.29) is 5.91 Å². The Hall–Kier alpha value is -1.83. The van der Waals surface area contributed by atoms with E-state index in [0.717, 1.165) is 16.8 Å². The number of carbonyl (C=O) groups is 1. The minimum absolute atomic E-state index is 0.101. The third-order valence-corrected chi connectivity index (χ3v) is 2.28. The molecule has 2 heteroatoms. The van der Waals surface area contributed by atoms with Gasteiger partial charge in [-0.25, -0.2) is 0 Å². The van der Waals surface area contributed by atoms with E-state index in [1.807, 2.05) is 51.1 Å². The summed E-state index contributed by atoms with van der Waals surface area (Å²) in [6.45, 7) is 5.88. The second-order valence-electron chi connectivity index (χ2n) is 3.64. The van der Waals surface area contributed by atoms with Crippen LogP contribution in [-0.4, -0.2) is 5.91 Å². The summed E-state index contributed by atoms with van der Waals surface area (Å²) in [6.07, 6.45) is 6.95. The first kappa shape index (κ1) is 12.2. The third kappa shape index (κ3) is 3.39. The van der Waals surface area contributed by atoms with Crippen LogP contribution in [0.5, 0.6) is 0 Å². The topological polar surface area (TPSA) is 29.1 Å². The minimum Gasteiger partial charge on any atom is -0.322 e. The van der Waals surface area contributed by atoms with Crippen LogP contribution in [0.15, 0.2) is 42.5 Å². The first-order chi connectivity index (χ1) is 7.65. The molecule has 2 nitrogen and oxygen atoms in total. The maximum absolute atomic E-state index is 11.6. The molecule has 0 unspecified atom stereocenters. The zero-order valence-corrected chi connectivity index (χ0v) is 9.95. The number of anilines is 1. The molecule has 0 aromatic heterocycles. The summed E-state index contributed by atoms with van der Waals surface area (Å²) in [7, 11) is 0. The Morgan fingerprint density at radius 1 is 1.19 bits per heavy atom. The fourth-order valence-electron chi connectivity index (χ4n) is 1.43. The quantitative estimate of drug-likeness (QED) is 0.608. The second kappa shape index (κ2) is 5.91. The smallest absolute Gasteiger partial charge is 0.248 e. The highest BCUT2D eigenvalue weighted by Gasteiger charge is 2.03. The highest BCUT2D eigenvalue weighted by Crippen LogP contribution is 2.19. The molecule has 0 aliphatic carbocycles. The van der Waals surface area contributed by atoms with Crippen LogP contribution in [-0.2, 0) is 4.79 Å². The van der Waals surface area contributed by atoms with Crippen LogP contribution < -0.4 is 5.32 Å². The monoisotopic (exact) mass is 215 g/mol. The van der Waals surface area contributed by atoms with Crippen molar-refractivity contribution in [2.24, 2.45) is 0 Å². The molecule has 0 aliphatic rings. The van der Waals surface area contributed by atoms with E-state index in [1.165, 1.54) is 6.08 Å². The largest absolute Gasteiger partial charge is 0.322 e. The lowest BCUT2D eigenvalue weighted by molar-refractivity contribution is -0.111. The van der Waals surface area contributed by atoms with Gasteiger partial charge in [0, 0.05) is 11.8 Å². The van der Waals surface area contributed by atoms with E-state index in [0.29, 0.717) is 0 Å². The molecule has 0 bridgehead atoms. The molecule has 0 spiro atoms. The number of amides is 1. The normalized spacial score (nSPS) is 11.2. The number of rotatable bonds is 3. The first-order valence-electron chi connectivity index (χ1n) is 5.31. The zero-order valence-electron chi connectivity index (χ0n) is 9.95. The highest BCUT2D eigenvalue weighted by atomic mass is 16.1. The van der Waals surface area contributed by atoms with Crippen LogP contribution in [0.1, 0.15) is 18.1 Å². The number of aryl methyl sites for hydroxylation is 2. The van der Waals surface area contributed by atoms with Crippen LogP contribution in [0, 0.1) is 13.8 Å². The lowest BCUT2D eigenvalue weighted by atomic mass is 10.1. The average molecular weight is 215 g/mol. The molecule has 1 rings (SSSR count). The maximum atomic E-state index is 11.6. The molecule has 0 atom stereocenters. The molecular weight excluding hydrogens is 198 g/mol. The summed E-state index contributed by atoms with van der Waals surface area (Å²) < 4.78 is 0. The average Bonchev–Trinajstić information content (AvgIpc) is 2.24. The molecule has 84 valence electrons. The minimum atomic E-state index is -0.101. The van der Waals surface area contributed by atoms with Crippen molar-refractivity contribution in [1.29, 1.82) is 0 Å². The number of para-hydroxylation sites is 1. The zero-order chi connectivity index (χ0) is 12.0. The summed E-state index contributed by atoms with van der Waals surface area (Å²) in [5.41, 5.74) is 3.05. The van der Waals surface area contributed by atoms with Gasteiger partial charge < -0.3 is 5.32 Å². The van der Waals surface area contributed by atoms with Gasteiger partial charge in [-0.2, -0.15) is 0 Å². The number of hydrogen-bond donors (Lipinski definition) is 1. The van der Waals surface area contributed by atoms with Crippen LogP contribution in [0.3, 0.4) is 0 Å². The van der Waals surface area contributed by atoms with Gasteiger partial charge in [-0.1, -0.05) is 36.4 Å². The van der Waals surface area contributed by atoms with Gasteiger partial charge >= 0.3 is 0 Å². The van der Waals surface area contributed by atoms with Gasteiger partial charge in [0.15, 0.2) is 0 Å². The molecule has 0 heterocycles. The van der Waals surface area contributed by atoms with Crippen molar-refractivity contribution in [3.8, 4) is 0 Å². The molecule has 0 saturated carbocycles. The molecule has 1 aromatic rings. The molecule has 1 N–H and O–H groups in total. The summed E-state index contributed by atoms with van der Waals surface area (Å²) in [6, 6.07) is 5.95. The number of nitrogens with one attached hydrogen (secondary N) is 1. The fourth-order valence-corrected chi connectivity index (χ4v) is 1.43. The standard InChI is InChI=1S/C14H17NO/c1-4-5-6-10-13(16)15-14-11(2)8-7-9-12(14)3/h4-10H,1-3H3,(H,15,16)/b5-4+,10-6?. The molecule has 1 aromatic carbocycles. The van der Waals surface area contributed by atoms with Crippen molar-refractivity contribution in [3.05, 3.63) is 53.6 Å². The van der Waals surface area contributed by atoms with Crippen LogP contribution in [0.4, 0.5) is 5.69 Å². The van der Waals surface area contributed by atoms with E-state index in [2.05, 4.69) is 5.32 Å². The maximum Gasteiger partial charge on any atom is 0.248 e. The Labute approximate surface area is 96.7 Å². The summed E-state index contributed by atoms with van der Waals surface area (Å²) >= 11 is 0. The Bertz CT molecular complexity index is 410. The van der Waals surface area contributed by atoms with Gasteiger partial charge in [0.25, 0.3) is 0 Å². The van der Waals surface area contributed by atoms with Gasteiger partial charge in [0.1, 0.15) is 0 Å². The number of allylic oxidation sites excluding steroid dienone is 3. The second-order valence-corrected chi connectivity index (χ2v) is 3.64. The fraction of sp³-hybridized carbons (Fsp3) is 0.214. The van der Waals surface area contributed by atoms with Crippen molar-refractivity contribution in [2.75, 3.05) is 5.32 Å². The first-order valence-corrected chi connectivity index (χ1v) is 5.31. The molecule has 0 saturated heterocycles. The Balaban J connectivity index is 2.77. The van der Waals surface area contributed by atoms with E-state index in [4.69, 9.17) is 0 Å². The molecule has 0 aliphatic heterocycles. The number of benzene rings is 1. The van der Waals surface area contributed by atoms with Gasteiger partial charge in [-0.15, -0.1) is 0 Å². The lowest BCUT2D eigenvalue weighted by Crippen LogP contribution is -2.10. The van der Waals surface area contributed by atoms with Crippen molar-refractivity contribution < 1.29 is 4.79 Å². The van der Waals surface area contributed by atoms with Crippen molar-refractivity contribution in [3.63, 3.8) is 0 Å². The predicted octanol–water partition coefficient (Wildman–Crippen LogP) is 3.37. The van der Waals surface area contributed by atoms with Gasteiger partial charge in [0.05, 0.1) is 0 Å². The third-order valence-electron chi connectivity index (χ3n) is 2.28. The number of carbonyl (C=O) groups excluding carboxylic acids is 1. The van der Waals surface area contributed by atoms with E-state index < -0.39 is 0 Å². The molecule has 1 amide bonds. The van der Waals surface area contributed by atoms with E-state index in [9.17, 15) is 4.79 Å². The van der Waals surface area contributed by atoms with Crippen LogP contribution in [0.25, 0.3) is 0 Å². The molecule has 0 radical (unpaired) electrons. The number of hydrogen-bond acceptors (Lipinski definition) is 1. The Kier molecular flexibility index (Phi) is 4.52. The van der Waals surface area contributed by atoms with Gasteiger partial charge in [-0.05, 0) is 31.9 Å². The Morgan fingerprint density at radius 3 is 2.38 bits per heavy atom. The molecule has 16 heavy (non-hydrogen) atoms. The lowest BCUT2D eigenvalue weighted by Gasteiger charge is -2.09. The Morgan fingerprint density at radius 2 is 1.81 bits per heavy atom. The highest BCUT2D eigenvalue weighted by molar-refractivity contribution is 6.00. The summed E-state index contributed by atoms with van der Waals surface area (Å²) in [5.74, 6) is -0.101. The van der Waals surface area contributed by atoms with Crippen molar-refractivity contribution in [2.45, 2.75) is 20.8 Å². The SMILES string of the molecule is C/C=C/C=CC(=O)Nc1c(C)cccc1C. The molecular formula is C14H17NO. The van der Waals surface area contributed by atoms with Gasteiger partial charge in [-0.3, -0.25) is 4.79 Å². The van der Waals surface area contributed by atoms with Gasteiger partial charge in [0.2, 0.25) is 5.91 Å². The summed E-state index contributed by atoms with van der Waals surface area (Å²) in [4.78, 5) is 11.6. The molecule has 0 fully saturated rings. The van der Waals surface area contributed by atoms with E-state index >= 15 is 0 Å².